The maximum Gasteiger partial charge on any atom is 0.348 e. The van der Waals surface area contributed by atoms with Crippen LogP contribution in [0.15, 0.2) is 34.2 Å². The highest BCUT2D eigenvalue weighted by Gasteiger charge is 2.21. The van der Waals surface area contributed by atoms with Crippen molar-refractivity contribution in [1.82, 2.24) is 19.2 Å². The van der Waals surface area contributed by atoms with E-state index in [0.717, 1.165) is 18.4 Å². The van der Waals surface area contributed by atoms with Crippen LogP contribution in [0.25, 0.3) is 16.6 Å². The third-order valence-electron chi connectivity index (χ3n) is 3.52. The molecule has 2 heterocycles. The summed E-state index contributed by atoms with van der Waals surface area (Å²) in [5, 5.41) is 20.3. The average Bonchev–Trinajstić information content (AvgIpc) is 3.05. The van der Waals surface area contributed by atoms with E-state index >= 15 is 0 Å². The zero-order valence-electron chi connectivity index (χ0n) is 13.6. The number of imidazole rings is 1. The number of benzene rings is 1. The predicted octanol–water partition coefficient (Wildman–Crippen LogP) is -1.22. The smallest absolute Gasteiger partial charge is 0.348 e. The highest BCUT2D eigenvalue weighted by molar-refractivity contribution is 7.91. The molecule has 0 aliphatic rings. The van der Waals surface area contributed by atoms with E-state index in [1.807, 2.05) is 0 Å². The number of hydrogen-bond acceptors (Lipinski definition) is 8. The lowest BCUT2D eigenvalue weighted by Crippen LogP contribution is -2.43. The number of aromatic nitrogens is 4. The molecule has 0 bridgehead atoms. The molecule has 142 valence electrons. The number of nitrogens with one attached hydrogen (secondary N) is 2. The number of sulfonamides is 1. The molecular formula is C13H12N6O7S. The molecule has 3 rings (SSSR count). The quantitative estimate of drug-likeness (QED) is 0.354. The first kappa shape index (κ1) is 18.3. The van der Waals surface area contributed by atoms with Crippen LogP contribution in [-0.2, 0) is 16.6 Å². The second-order valence-corrected chi connectivity index (χ2v) is 7.24. The summed E-state index contributed by atoms with van der Waals surface area (Å²) in [6.07, 6.45) is 3.29. The molecule has 3 N–H and O–H groups in total. The maximum absolute atomic E-state index is 12.5. The van der Waals surface area contributed by atoms with Crippen molar-refractivity contribution >= 4 is 26.6 Å². The fraction of sp³-hybridized carbons (Fsp3) is 0.154. The van der Waals surface area contributed by atoms with Gasteiger partial charge in [-0.05, 0) is 6.07 Å². The third kappa shape index (κ3) is 3.42. The molecule has 0 spiro atoms. The number of hydrogen-bond donors (Lipinski definition) is 3. The van der Waals surface area contributed by atoms with Gasteiger partial charge in [0.1, 0.15) is 5.69 Å². The molecule has 0 aliphatic heterocycles. The Kier molecular flexibility index (Phi) is 4.28. The SMILES string of the molecule is CS(=O)(=O)Nn1c(=O)[nH]c2cc([N+](=O)[O-])c(-n3cnc(CO)c3)cc2c1=O. The van der Waals surface area contributed by atoms with Gasteiger partial charge >= 0.3 is 5.69 Å². The van der Waals surface area contributed by atoms with E-state index < -0.39 is 38.5 Å². The van der Waals surface area contributed by atoms with Gasteiger partial charge in [-0.15, -0.1) is 0 Å². The standard InChI is InChI=1S/C13H12N6O7S/c1-27(25,26)16-18-12(21)8-2-10(17-4-7(5-20)14-6-17)11(19(23)24)3-9(8)15-13(18)22/h2-4,6,16,20H,5H2,1H3,(H,15,22). The normalized spacial score (nSPS) is 11.6. The Balaban J connectivity index is 2.36. The van der Waals surface area contributed by atoms with Crippen molar-refractivity contribution < 1.29 is 18.4 Å². The van der Waals surface area contributed by atoms with Gasteiger partial charge in [-0.1, -0.05) is 0 Å². The second kappa shape index (κ2) is 6.33. The van der Waals surface area contributed by atoms with Crippen LogP contribution in [0.2, 0.25) is 0 Å². The van der Waals surface area contributed by atoms with E-state index in [4.69, 9.17) is 5.11 Å². The highest BCUT2D eigenvalue weighted by atomic mass is 32.2. The van der Waals surface area contributed by atoms with Crippen LogP contribution in [-0.4, -0.2) is 43.9 Å². The van der Waals surface area contributed by atoms with Crippen LogP contribution in [0.3, 0.4) is 0 Å². The molecule has 0 amide bonds. The Hall–Kier alpha value is -3.52. The monoisotopic (exact) mass is 396 g/mol. The van der Waals surface area contributed by atoms with Crippen molar-refractivity contribution in [1.29, 1.82) is 0 Å². The lowest BCUT2D eigenvalue weighted by atomic mass is 10.2. The third-order valence-corrected chi connectivity index (χ3v) is 4.04. The summed E-state index contributed by atoms with van der Waals surface area (Å²) in [4.78, 5) is 43.0. The first-order chi connectivity index (χ1) is 12.6. The first-order valence-corrected chi connectivity index (χ1v) is 9.09. The molecule has 0 atom stereocenters. The summed E-state index contributed by atoms with van der Waals surface area (Å²) in [6, 6.07) is 2.10. The van der Waals surface area contributed by atoms with Crippen molar-refractivity contribution in [2.45, 2.75) is 6.61 Å². The maximum atomic E-state index is 12.5. The Morgan fingerprint density at radius 1 is 1.37 bits per heavy atom. The molecule has 27 heavy (non-hydrogen) atoms. The minimum Gasteiger partial charge on any atom is -0.390 e. The Morgan fingerprint density at radius 3 is 2.63 bits per heavy atom. The molecule has 13 nitrogen and oxygen atoms in total. The number of aliphatic hydroxyl groups is 1. The van der Waals surface area contributed by atoms with Crippen LogP contribution in [0, 0.1) is 10.1 Å². The molecule has 0 saturated carbocycles. The topological polar surface area (TPSA) is 182 Å². The van der Waals surface area contributed by atoms with Crippen molar-refractivity contribution in [3.63, 3.8) is 0 Å². The van der Waals surface area contributed by atoms with Crippen molar-refractivity contribution in [2.24, 2.45) is 0 Å². The van der Waals surface area contributed by atoms with Crippen molar-refractivity contribution in [3.05, 3.63) is 61.3 Å². The number of H-pyrrole nitrogens is 1. The minimum absolute atomic E-state index is 0.0604. The molecule has 2 aromatic heterocycles. The summed E-state index contributed by atoms with van der Waals surface area (Å²) in [6.45, 7) is -0.396. The van der Waals surface area contributed by atoms with Gasteiger partial charge in [0.05, 0.1) is 40.7 Å². The average molecular weight is 396 g/mol. The van der Waals surface area contributed by atoms with E-state index in [-0.39, 0.29) is 27.0 Å². The van der Waals surface area contributed by atoms with Gasteiger partial charge in [0, 0.05) is 12.3 Å². The molecule has 3 aromatic rings. The number of nitrogens with zero attached hydrogens (tertiary/aromatic N) is 4. The van der Waals surface area contributed by atoms with E-state index in [1.54, 1.807) is 4.83 Å². The molecule has 0 radical (unpaired) electrons. The highest BCUT2D eigenvalue weighted by Crippen LogP contribution is 2.26. The molecule has 0 unspecified atom stereocenters. The minimum atomic E-state index is -3.93. The predicted molar refractivity (Wildman–Crippen MR) is 92.7 cm³/mol. The lowest BCUT2D eigenvalue weighted by Gasteiger charge is -2.09. The fourth-order valence-corrected chi connectivity index (χ4v) is 2.92. The van der Waals surface area contributed by atoms with Crippen LogP contribution in [0.1, 0.15) is 5.69 Å². The first-order valence-electron chi connectivity index (χ1n) is 7.20. The number of rotatable bonds is 5. The van der Waals surface area contributed by atoms with Crippen molar-refractivity contribution in [3.8, 4) is 5.69 Å². The summed E-state index contributed by atoms with van der Waals surface area (Å²) >= 11 is 0. The Morgan fingerprint density at radius 2 is 2.07 bits per heavy atom. The van der Waals surface area contributed by atoms with Crippen LogP contribution in [0.5, 0.6) is 0 Å². The summed E-state index contributed by atoms with van der Waals surface area (Å²) in [5.74, 6) is 0. The molecule has 0 saturated heterocycles. The Labute approximate surface area is 149 Å². The van der Waals surface area contributed by atoms with Gasteiger partial charge in [0.15, 0.2) is 0 Å². The van der Waals surface area contributed by atoms with Gasteiger partial charge in [0.2, 0.25) is 10.0 Å². The molecule has 14 heteroatoms. The van der Waals surface area contributed by atoms with E-state index in [1.165, 1.54) is 17.1 Å². The van der Waals surface area contributed by atoms with Crippen molar-refractivity contribution in [2.75, 3.05) is 11.1 Å². The zero-order chi connectivity index (χ0) is 19.9. The largest absolute Gasteiger partial charge is 0.390 e. The van der Waals surface area contributed by atoms with Crippen LogP contribution < -0.4 is 16.1 Å². The molecule has 1 aromatic carbocycles. The van der Waals surface area contributed by atoms with Gasteiger partial charge in [0.25, 0.3) is 11.2 Å². The lowest BCUT2D eigenvalue weighted by molar-refractivity contribution is -0.384. The van der Waals surface area contributed by atoms with Crippen LogP contribution >= 0.6 is 0 Å². The zero-order valence-corrected chi connectivity index (χ0v) is 14.4. The summed E-state index contributed by atoms with van der Waals surface area (Å²) < 4.78 is 24.2. The van der Waals surface area contributed by atoms with Gasteiger partial charge in [-0.3, -0.25) is 19.5 Å². The number of aliphatic hydroxyl groups excluding tert-OH is 1. The fourth-order valence-electron chi connectivity index (χ4n) is 2.42. The summed E-state index contributed by atoms with van der Waals surface area (Å²) in [5.41, 5.74) is -2.53. The van der Waals surface area contributed by atoms with Gasteiger partial charge in [-0.25, -0.2) is 23.0 Å². The van der Waals surface area contributed by atoms with Crippen LogP contribution in [0.4, 0.5) is 5.69 Å². The second-order valence-electron chi connectivity index (χ2n) is 5.51. The van der Waals surface area contributed by atoms with Gasteiger partial charge < -0.3 is 10.1 Å². The summed E-state index contributed by atoms with van der Waals surface area (Å²) in [7, 11) is -3.93. The number of fused-ring (bicyclic) bond motifs is 1. The van der Waals surface area contributed by atoms with Gasteiger partial charge in [-0.2, -0.15) is 4.68 Å². The number of nitro groups is 1. The molecule has 0 fully saturated rings. The van der Waals surface area contributed by atoms with E-state index in [0.29, 0.717) is 0 Å². The van der Waals surface area contributed by atoms with E-state index in [9.17, 15) is 28.1 Å². The van der Waals surface area contributed by atoms with E-state index in [2.05, 4.69) is 9.97 Å². The molecule has 0 aliphatic carbocycles. The number of nitro benzene ring substituents is 1. The number of aromatic amines is 1. The molecular weight excluding hydrogens is 384 g/mol. The Bertz CT molecular complexity index is 1290.